The van der Waals surface area contributed by atoms with Gasteiger partial charge in [-0.15, -0.1) is 0 Å². The highest BCUT2D eigenvalue weighted by Crippen LogP contribution is 2.10. The summed E-state index contributed by atoms with van der Waals surface area (Å²) < 4.78 is 0. The first-order chi connectivity index (χ1) is 10.3. The van der Waals surface area contributed by atoms with Crippen LogP contribution in [0.5, 0.6) is 0 Å². The van der Waals surface area contributed by atoms with Crippen molar-refractivity contribution in [3.8, 4) is 0 Å². The number of hydrogen-bond acceptors (Lipinski definition) is 2. The molecular weight excluding hydrogens is 328 g/mol. The maximum Gasteiger partial charge on any atom is 0.219 e. The van der Waals surface area contributed by atoms with Crippen molar-refractivity contribution in [1.82, 2.24) is 5.32 Å². The van der Waals surface area contributed by atoms with Crippen LogP contribution in [0.15, 0.2) is 0 Å². The number of nitrogens with two attached hydrogens (primary N) is 1. The minimum absolute atomic E-state index is 0.228. The Hall–Kier alpha value is -0.0900. The molecule has 0 radical (unpaired) electrons. The Kier molecular flexibility index (Phi) is 17.9. The lowest BCUT2D eigenvalue weighted by atomic mass is 10.1. The molecule has 0 aliphatic rings. The number of halogens is 1. The Morgan fingerprint density at radius 3 is 1.90 bits per heavy atom. The van der Waals surface area contributed by atoms with Crippen molar-refractivity contribution in [2.45, 2.75) is 83.5 Å². The van der Waals surface area contributed by atoms with E-state index < -0.39 is 0 Å². The van der Waals surface area contributed by atoms with Crippen LogP contribution < -0.4 is 11.1 Å². The van der Waals surface area contributed by atoms with Gasteiger partial charge in [0.1, 0.15) is 0 Å². The normalized spacial score (nSPS) is 10.8. The van der Waals surface area contributed by atoms with Gasteiger partial charge in [0.25, 0.3) is 0 Å². The molecule has 0 aliphatic carbocycles. The van der Waals surface area contributed by atoms with Crippen LogP contribution in [0.2, 0.25) is 0 Å². The van der Waals surface area contributed by atoms with Gasteiger partial charge in [0.2, 0.25) is 5.91 Å². The fourth-order valence-electron chi connectivity index (χ4n) is 2.38. The number of carbonyl (C=O) groups excluding carboxylic acids is 1. The number of unbranched alkanes of at least 4 members (excludes halogenated alkanes) is 10. The highest BCUT2D eigenvalue weighted by atomic mass is 79.9. The average Bonchev–Trinajstić information content (AvgIpc) is 2.49. The van der Waals surface area contributed by atoms with Gasteiger partial charge in [-0.05, 0) is 32.2 Å². The highest BCUT2D eigenvalue weighted by molar-refractivity contribution is 9.09. The van der Waals surface area contributed by atoms with Gasteiger partial charge >= 0.3 is 0 Å². The largest absolute Gasteiger partial charge is 0.356 e. The molecule has 0 spiro atoms. The first kappa shape index (κ1) is 20.9. The van der Waals surface area contributed by atoms with Gasteiger partial charge < -0.3 is 11.1 Å². The third-order valence-corrected chi connectivity index (χ3v) is 4.30. The summed E-state index contributed by atoms with van der Waals surface area (Å²) in [6, 6.07) is 0. The fraction of sp³-hybridized carbons (Fsp3) is 0.941. The predicted molar refractivity (Wildman–Crippen MR) is 95.9 cm³/mol. The summed E-state index contributed by atoms with van der Waals surface area (Å²) in [7, 11) is 0. The number of hydrogen-bond donors (Lipinski definition) is 2. The zero-order valence-corrected chi connectivity index (χ0v) is 15.3. The van der Waals surface area contributed by atoms with E-state index >= 15 is 0 Å². The molecule has 1 amide bonds. The zero-order chi connectivity index (χ0) is 15.6. The Morgan fingerprint density at radius 2 is 1.29 bits per heavy atom. The van der Waals surface area contributed by atoms with Gasteiger partial charge in [0, 0.05) is 18.3 Å². The fourth-order valence-corrected chi connectivity index (χ4v) is 2.78. The molecule has 3 N–H and O–H groups in total. The molecule has 0 aliphatic heterocycles. The van der Waals surface area contributed by atoms with Crippen molar-refractivity contribution in [2.24, 2.45) is 5.73 Å². The van der Waals surface area contributed by atoms with Crippen molar-refractivity contribution < 1.29 is 4.79 Å². The van der Waals surface area contributed by atoms with Crippen LogP contribution >= 0.6 is 15.9 Å². The molecule has 0 saturated carbocycles. The Morgan fingerprint density at radius 1 is 0.762 bits per heavy atom. The van der Waals surface area contributed by atoms with Crippen LogP contribution in [-0.4, -0.2) is 24.3 Å². The summed E-state index contributed by atoms with van der Waals surface area (Å²) in [6.45, 7) is 1.61. The SMILES string of the molecule is NCCCCCCNC(=O)CCCCCCCCCCBr. The topological polar surface area (TPSA) is 55.1 Å². The van der Waals surface area contributed by atoms with Crippen LogP contribution in [0, 0.1) is 0 Å². The molecule has 3 nitrogen and oxygen atoms in total. The molecule has 0 atom stereocenters. The molecular formula is C17H35BrN2O. The van der Waals surface area contributed by atoms with E-state index in [4.69, 9.17) is 5.73 Å². The minimum atomic E-state index is 0.228. The quantitative estimate of drug-likeness (QED) is 0.313. The Labute approximate surface area is 139 Å². The Bertz CT molecular complexity index is 225. The lowest BCUT2D eigenvalue weighted by molar-refractivity contribution is -0.121. The zero-order valence-electron chi connectivity index (χ0n) is 13.7. The highest BCUT2D eigenvalue weighted by Gasteiger charge is 2.00. The Balaban J connectivity index is 3.12. The van der Waals surface area contributed by atoms with Crippen molar-refractivity contribution >= 4 is 21.8 Å². The third kappa shape index (κ3) is 17.9. The van der Waals surface area contributed by atoms with Crippen molar-refractivity contribution in [3.05, 3.63) is 0 Å². The molecule has 126 valence electrons. The second kappa shape index (κ2) is 18.0. The van der Waals surface area contributed by atoms with Gasteiger partial charge in [-0.25, -0.2) is 0 Å². The maximum absolute atomic E-state index is 11.6. The molecule has 0 aromatic rings. The van der Waals surface area contributed by atoms with Crippen molar-refractivity contribution in [2.75, 3.05) is 18.4 Å². The van der Waals surface area contributed by atoms with Crippen LogP contribution in [0.1, 0.15) is 83.5 Å². The van der Waals surface area contributed by atoms with E-state index in [0.717, 1.165) is 37.7 Å². The van der Waals surface area contributed by atoms with Gasteiger partial charge in [0.15, 0.2) is 0 Å². The molecule has 21 heavy (non-hydrogen) atoms. The molecule has 4 heteroatoms. The van der Waals surface area contributed by atoms with Gasteiger partial charge in [-0.1, -0.05) is 67.3 Å². The summed E-state index contributed by atoms with van der Waals surface area (Å²) in [5.41, 5.74) is 5.44. The molecule has 0 rings (SSSR count). The van der Waals surface area contributed by atoms with Gasteiger partial charge in [-0.3, -0.25) is 4.79 Å². The summed E-state index contributed by atoms with van der Waals surface area (Å²) in [6.07, 6.45) is 15.4. The standard InChI is InChI=1S/C17H35BrN2O/c18-14-10-6-4-2-1-3-5-9-13-17(21)20-16-12-8-7-11-15-19/h1-16,19H2,(H,20,21). The van der Waals surface area contributed by atoms with Gasteiger partial charge in [0.05, 0.1) is 0 Å². The van der Waals surface area contributed by atoms with E-state index in [9.17, 15) is 4.79 Å². The van der Waals surface area contributed by atoms with E-state index in [1.54, 1.807) is 0 Å². The summed E-state index contributed by atoms with van der Waals surface area (Å²) in [5, 5.41) is 4.14. The second-order valence-corrected chi connectivity index (χ2v) is 6.61. The van der Waals surface area contributed by atoms with Crippen molar-refractivity contribution in [3.63, 3.8) is 0 Å². The molecule has 0 heterocycles. The molecule has 0 bridgehead atoms. The van der Waals surface area contributed by atoms with Crippen molar-refractivity contribution in [1.29, 1.82) is 0 Å². The predicted octanol–water partition coefficient (Wildman–Crippen LogP) is 4.53. The second-order valence-electron chi connectivity index (χ2n) is 5.82. The maximum atomic E-state index is 11.6. The molecule has 0 fully saturated rings. The number of alkyl halides is 1. The molecule has 0 aromatic carbocycles. The lowest BCUT2D eigenvalue weighted by Crippen LogP contribution is -2.23. The monoisotopic (exact) mass is 362 g/mol. The number of amides is 1. The van der Waals surface area contributed by atoms with E-state index in [2.05, 4.69) is 21.2 Å². The summed E-state index contributed by atoms with van der Waals surface area (Å²) >= 11 is 3.46. The minimum Gasteiger partial charge on any atom is -0.356 e. The van der Waals surface area contributed by atoms with Crippen LogP contribution in [-0.2, 0) is 4.79 Å². The molecule has 0 unspecified atom stereocenters. The summed E-state index contributed by atoms with van der Waals surface area (Å²) in [4.78, 5) is 11.6. The lowest BCUT2D eigenvalue weighted by Gasteiger charge is -2.05. The van der Waals surface area contributed by atoms with E-state index in [1.807, 2.05) is 0 Å². The van der Waals surface area contributed by atoms with E-state index in [0.29, 0.717) is 6.42 Å². The van der Waals surface area contributed by atoms with Crippen LogP contribution in [0.3, 0.4) is 0 Å². The van der Waals surface area contributed by atoms with E-state index in [-0.39, 0.29) is 5.91 Å². The number of carbonyl (C=O) groups is 1. The third-order valence-electron chi connectivity index (χ3n) is 3.74. The molecule has 0 aromatic heterocycles. The van der Waals surface area contributed by atoms with E-state index in [1.165, 1.54) is 57.8 Å². The smallest absolute Gasteiger partial charge is 0.219 e. The summed E-state index contributed by atoms with van der Waals surface area (Å²) in [5.74, 6) is 0.228. The first-order valence-corrected chi connectivity index (χ1v) is 9.96. The van der Waals surface area contributed by atoms with Gasteiger partial charge in [-0.2, -0.15) is 0 Å². The van der Waals surface area contributed by atoms with Crippen LogP contribution in [0.4, 0.5) is 0 Å². The number of nitrogens with one attached hydrogen (secondary N) is 1. The number of rotatable bonds is 16. The first-order valence-electron chi connectivity index (χ1n) is 8.84. The van der Waals surface area contributed by atoms with Crippen LogP contribution in [0.25, 0.3) is 0 Å². The average molecular weight is 363 g/mol. The molecule has 0 saturated heterocycles.